The molecule has 1 aromatic heterocycles. The molecule has 0 unspecified atom stereocenters. The van der Waals surface area contributed by atoms with Crippen molar-refractivity contribution in [3.63, 3.8) is 0 Å². The minimum Gasteiger partial charge on any atom is -0.545 e. The molecule has 0 bridgehead atoms. The number of carboxylic acid groups (broad SMARTS) is 1. The third-order valence-corrected chi connectivity index (χ3v) is 3.33. The van der Waals surface area contributed by atoms with Crippen LogP contribution in [0.25, 0.3) is 0 Å². The van der Waals surface area contributed by atoms with Gasteiger partial charge < -0.3 is 14.5 Å². The highest BCUT2D eigenvalue weighted by Crippen LogP contribution is 2.19. The maximum atomic E-state index is 10.6. The summed E-state index contributed by atoms with van der Waals surface area (Å²) in [6, 6.07) is 6.63. The van der Waals surface area contributed by atoms with Crippen LogP contribution in [-0.4, -0.2) is 20.7 Å². The molecule has 0 saturated heterocycles. The molecule has 0 aliphatic heterocycles. The molecule has 1 aromatic carbocycles. The molecule has 6 heteroatoms. The van der Waals surface area contributed by atoms with Crippen LogP contribution in [0.15, 0.2) is 35.7 Å². The van der Waals surface area contributed by atoms with E-state index >= 15 is 0 Å². The molecule has 0 radical (unpaired) electrons. The zero-order chi connectivity index (χ0) is 12.3. The largest absolute Gasteiger partial charge is 0.545 e. The van der Waals surface area contributed by atoms with Crippen LogP contribution in [0.5, 0.6) is 0 Å². The Labute approximate surface area is 102 Å². The van der Waals surface area contributed by atoms with E-state index in [4.69, 9.17) is 0 Å². The van der Waals surface area contributed by atoms with Gasteiger partial charge in [0.25, 0.3) is 0 Å². The maximum Gasteiger partial charge on any atom is 0.191 e. The van der Waals surface area contributed by atoms with Gasteiger partial charge in [-0.2, -0.15) is 0 Å². The molecule has 2 rings (SSSR count). The number of benzene rings is 1. The van der Waals surface area contributed by atoms with Crippen LogP contribution < -0.4 is 5.11 Å². The highest BCUT2D eigenvalue weighted by Gasteiger charge is 2.02. The smallest absolute Gasteiger partial charge is 0.191 e. The molecule has 0 fully saturated rings. The van der Waals surface area contributed by atoms with Crippen molar-refractivity contribution in [3.05, 3.63) is 41.7 Å². The molecule has 2 aromatic rings. The topological polar surface area (TPSA) is 70.8 Å². The Morgan fingerprint density at radius 2 is 2.12 bits per heavy atom. The Kier molecular flexibility index (Phi) is 3.43. The van der Waals surface area contributed by atoms with Crippen LogP contribution in [0.1, 0.15) is 15.9 Å². The first-order valence-electron chi connectivity index (χ1n) is 4.94. The fourth-order valence-corrected chi connectivity index (χ4v) is 2.13. The monoisotopic (exact) mass is 248 g/mol. The first-order chi connectivity index (χ1) is 8.16. The highest BCUT2D eigenvalue weighted by molar-refractivity contribution is 7.98. The van der Waals surface area contributed by atoms with E-state index in [1.165, 1.54) is 0 Å². The summed E-state index contributed by atoms with van der Waals surface area (Å²) in [5.41, 5.74) is 1.22. The van der Waals surface area contributed by atoms with Crippen LogP contribution >= 0.6 is 11.8 Å². The van der Waals surface area contributed by atoms with Crippen LogP contribution in [0.2, 0.25) is 0 Å². The highest BCUT2D eigenvalue weighted by atomic mass is 32.2. The van der Waals surface area contributed by atoms with E-state index in [1.54, 1.807) is 42.4 Å². The van der Waals surface area contributed by atoms with E-state index in [9.17, 15) is 9.90 Å². The Morgan fingerprint density at radius 3 is 2.65 bits per heavy atom. The number of aromatic nitrogens is 3. The van der Waals surface area contributed by atoms with Gasteiger partial charge in [-0.25, -0.2) is 0 Å². The number of nitrogens with zero attached hydrogens (tertiary/aromatic N) is 3. The fraction of sp³-hybridized carbons (Fsp3) is 0.182. The Balaban J connectivity index is 2.00. The quantitative estimate of drug-likeness (QED) is 0.736. The first kappa shape index (κ1) is 11.7. The number of thioether (sulfide) groups is 1. The molecule has 0 aliphatic carbocycles. The normalized spacial score (nSPS) is 10.4. The predicted octanol–water partition coefficient (Wildman–Crippen LogP) is 0.471. The van der Waals surface area contributed by atoms with Crippen molar-refractivity contribution < 1.29 is 9.90 Å². The van der Waals surface area contributed by atoms with E-state index < -0.39 is 5.97 Å². The number of carbonyl (C=O) groups excluding carboxylic acids is 1. The second kappa shape index (κ2) is 5.01. The van der Waals surface area contributed by atoms with E-state index in [2.05, 4.69) is 10.2 Å². The van der Waals surface area contributed by atoms with Crippen molar-refractivity contribution in [2.24, 2.45) is 7.05 Å². The fourth-order valence-electron chi connectivity index (χ4n) is 1.29. The molecule has 17 heavy (non-hydrogen) atoms. The van der Waals surface area contributed by atoms with Crippen molar-refractivity contribution in [1.82, 2.24) is 14.8 Å². The van der Waals surface area contributed by atoms with Crippen molar-refractivity contribution in [1.29, 1.82) is 0 Å². The third kappa shape index (κ3) is 2.85. The molecule has 0 spiro atoms. The summed E-state index contributed by atoms with van der Waals surface area (Å²) < 4.78 is 1.83. The number of carboxylic acids is 1. The summed E-state index contributed by atoms with van der Waals surface area (Å²) in [5, 5.41) is 19.1. The standard InChI is InChI=1S/C11H11N3O2S/c1-14-7-12-13-11(14)17-6-8-2-4-9(5-3-8)10(15)16/h2-5,7H,6H2,1H3,(H,15,16)/p-1. The Bertz CT molecular complexity index is 522. The molecular weight excluding hydrogens is 238 g/mol. The number of aromatic carboxylic acids is 1. The van der Waals surface area contributed by atoms with Crippen molar-refractivity contribution in [2.45, 2.75) is 10.9 Å². The van der Waals surface area contributed by atoms with Gasteiger partial charge in [-0.05, 0) is 11.1 Å². The maximum absolute atomic E-state index is 10.6. The number of rotatable bonds is 4. The minimum atomic E-state index is -1.16. The number of carbonyl (C=O) groups is 1. The van der Waals surface area contributed by atoms with E-state index in [0.29, 0.717) is 0 Å². The van der Waals surface area contributed by atoms with Crippen LogP contribution in [-0.2, 0) is 12.8 Å². The number of aryl methyl sites for hydroxylation is 1. The average Bonchev–Trinajstić information content (AvgIpc) is 2.73. The van der Waals surface area contributed by atoms with Crippen molar-refractivity contribution in [3.8, 4) is 0 Å². The van der Waals surface area contributed by atoms with Gasteiger partial charge in [0.15, 0.2) is 5.16 Å². The SMILES string of the molecule is Cn1cnnc1SCc1ccc(C(=O)[O-])cc1. The van der Waals surface area contributed by atoms with Gasteiger partial charge in [0.05, 0.1) is 5.97 Å². The van der Waals surface area contributed by atoms with Crippen molar-refractivity contribution >= 4 is 17.7 Å². The van der Waals surface area contributed by atoms with Crippen LogP contribution in [0.4, 0.5) is 0 Å². The Hall–Kier alpha value is -1.82. The summed E-state index contributed by atoms with van der Waals surface area (Å²) >= 11 is 1.55. The summed E-state index contributed by atoms with van der Waals surface area (Å²) in [6.07, 6.45) is 1.64. The predicted molar refractivity (Wildman–Crippen MR) is 61.3 cm³/mol. The first-order valence-corrected chi connectivity index (χ1v) is 5.92. The van der Waals surface area contributed by atoms with Crippen LogP contribution in [0, 0.1) is 0 Å². The second-order valence-electron chi connectivity index (χ2n) is 3.50. The molecule has 1 heterocycles. The lowest BCUT2D eigenvalue weighted by atomic mass is 10.1. The zero-order valence-electron chi connectivity index (χ0n) is 9.16. The zero-order valence-corrected chi connectivity index (χ0v) is 9.98. The van der Waals surface area contributed by atoms with Crippen LogP contribution in [0.3, 0.4) is 0 Å². The molecule has 0 aliphatic rings. The van der Waals surface area contributed by atoms with E-state index in [0.717, 1.165) is 16.5 Å². The van der Waals surface area contributed by atoms with Gasteiger partial charge in [0.1, 0.15) is 6.33 Å². The molecule has 0 atom stereocenters. The average molecular weight is 248 g/mol. The number of hydrogen-bond acceptors (Lipinski definition) is 5. The lowest BCUT2D eigenvalue weighted by Crippen LogP contribution is -2.21. The molecule has 0 amide bonds. The van der Waals surface area contributed by atoms with Gasteiger partial charge in [-0.15, -0.1) is 10.2 Å². The van der Waals surface area contributed by atoms with E-state index in [1.807, 2.05) is 11.6 Å². The molecular formula is C11H10N3O2S-. The molecule has 0 saturated carbocycles. The molecule has 88 valence electrons. The van der Waals surface area contributed by atoms with Crippen molar-refractivity contribution in [2.75, 3.05) is 0 Å². The third-order valence-electron chi connectivity index (χ3n) is 2.23. The number of hydrogen-bond donors (Lipinski definition) is 0. The van der Waals surface area contributed by atoms with Gasteiger partial charge in [0.2, 0.25) is 0 Å². The summed E-state index contributed by atoms with van der Waals surface area (Å²) in [5.74, 6) is -0.433. The van der Waals surface area contributed by atoms with E-state index in [-0.39, 0.29) is 5.56 Å². The molecule has 0 N–H and O–H groups in total. The van der Waals surface area contributed by atoms with Gasteiger partial charge >= 0.3 is 0 Å². The lowest BCUT2D eigenvalue weighted by Gasteiger charge is -2.04. The summed E-state index contributed by atoms with van der Waals surface area (Å²) in [4.78, 5) is 10.6. The minimum absolute atomic E-state index is 0.192. The second-order valence-corrected chi connectivity index (χ2v) is 4.44. The summed E-state index contributed by atoms with van der Waals surface area (Å²) in [6.45, 7) is 0. The Morgan fingerprint density at radius 1 is 1.41 bits per heavy atom. The molecule has 5 nitrogen and oxygen atoms in total. The van der Waals surface area contributed by atoms with Gasteiger partial charge in [-0.1, -0.05) is 36.0 Å². The lowest BCUT2D eigenvalue weighted by molar-refractivity contribution is -0.255. The summed E-state index contributed by atoms with van der Waals surface area (Å²) in [7, 11) is 1.88. The van der Waals surface area contributed by atoms with Gasteiger partial charge in [-0.3, -0.25) is 0 Å². The van der Waals surface area contributed by atoms with Gasteiger partial charge in [0, 0.05) is 12.8 Å².